The quantitative estimate of drug-likeness (QED) is 0.785. The number of fused-ring (bicyclic) bond motifs is 1. The predicted octanol–water partition coefficient (Wildman–Crippen LogP) is 3.22. The Morgan fingerprint density at radius 1 is 1.20 bits per heavy atom. The van der Waals surface area contributed by atoms with Crippen LogP contribution in [-0.4, -0.2) is 20.6 Å². The van der Waals surface area contributed by atoms with Gasteiger partial charge in [0.1, 0.15) is 11.5 Å². The molecule has 0 amide bonds. The summed E-state index contributed by atoms with van der Waals surface area (Å²) in [7, 11) is 1.53. The third-order valence-electron chi connectivity index (χ3n) is 3.45. The Hall–Kier alpha value is -3.03. The Bertz CT molecular complexity index is 1000. The van der Waals surface area contributed by atoms with Crippen molar-refractivity contribution in [2.75, 3.05) is 5.32 Å². The second-order valence-corrected chi connectivity index (χ2v) is 5.82. The molecule has 1 N–H and O–H groups in total. The van der Waals surface area contributed by atoms with Crippen molar-refractivity contribution in [3.63, 3.8) is 0 Å². The fourth-order valence-corrected chi connectivity index (χ4v) is 2.29. The summed E-state index contributed by atoms with van der Waals surface area (Å²) in [4.78, 5) is 21.0. The Balaban J connectivity index is 2.05. The normalized spacial score (nSPS) is 11.1. The number of aryl methyl sites for hydroxylation is 1. The van der Waals surface area contributed by atoms with E-state index < -0.39 is 17.2 Å². The van der Waals surface area contributed by atoms with Gasteiger partial charge in [0.05, 0.1) is 0 Å². The van der Waals surface area contributed by atoms with Crippen LogP contribution in [0, 0.1) is 11.6 Å². The molecule has 25 heavy (non-hydrogen) atoms. The minimum Gasteiger partial charge on any atom is -0.448 e. The Kier molecular flexibility index (Phi) is 4.35. The zero-order valence-corrected chi connectivity index (χ0v) is 13.9. The fraction of sp³-hybridized carbons (Fsp3) is 0.235. The fourth-order valence-electron chi connectivity index (χ4n) is 2.29. The van der Waals surface area contributed by atoms with Gasteiger partial charge < -0.3 is 10.1 Å². The van der Waals surface area contributed by atoms with Gasteiger partial charge in [-0.05, 0) is 32.0 Å². The molecule has 0 unspecified atom stereocenters. The Labute approximate surface area is 142 Å². The predicted molar refractivity (Wildman–Crippen MR) is 90.0 cm³/mol. The maximum Gasteiger partial charge on any atom is 0.294 e. The van der Waals surface area contributed by atoms with Crippen molar-refractivity contribution >= 4 is 17.0 Å². The van der Waals surface area contributed by atoms with Crippen LogP contribution >= 0.6 is 0 Å². The molecule has 2 heterocycles. The van der Waals surface area contributed by atoms with E-state index >= 15 is 0 Å². The van der Waals surface area contributed by atoms with Crippen LogP contribution in [0.2, 0.25) is 0 Å². The number of halogens is 2. The zero-order chi connectivity index (χ0) is 18.1. The van der Waals surface area contributed by atoms with E-state index in [0.717, 1.165) is 12.1 Å². The maximum absolute atomic E-state index is 13.7. The molecule has 0 atom stereocenters. The number of aromatic nitrogens is 3. The summed E-state index contributed by atoms with van der Waals surface area (Å²) in [6.45, 7) is 3.89. The van der Waals surface area contributed by atoms with Crippen molar-refractivity contribution < 1.29 is 13.5 Å². The highest BCUT2D eigenvalue weighted by atomic mass is 19.1. The van der Waals surface area contributed by atoms with Gasteiger partial charge in [0.2, 0.25) is 5.95 Å². The summed E-state index contributed by atoms with van der Waals surface area (Å²) in [5, 5.41) is 3.61. The van der Waals surface area contributed by atoms with E-state index in [2.05, 4.69) is 15.3 Å². The molecule has 0 aliphatic carbocycles. The first kappa shape index (κ1) is 16.8. The summed E-state index contributed by atoms with van der Waals surface area (Å²) in [6, 6.07) is 4.43. The molecule has 8 heteroatoms. The van der Waals surface area contributed by atoms with E-state index in [1.165, 1.54) is 17.7 Å². The van der Waals surface area contributed by atoms with Crippen molar-refractivity contribution in [3.8, 4) is 11.5 Å². The summed E-state index contributed by atoms with van der Waals surface area (Å²) in [5.41, 5.74) is -0.0829. The molecule has 0 aliphatic heterocycles. The molecule has 1 aromatic carbocycles. The maximum atomic E-state index is 13.7. The summed E-state index contributed by atoms with van der Waals surface area (Å²) < 4.78 is 33.4. The van der Waals surface area contributed by atoms with Gasteiger partial charge in [-0.3, -0.25) is 9.36 Å². The SMILES string of the molecule is CC(C)Nc1ncc2cc(Oc3ccc(F)cc3F)c(=O)n(C)c2n1. The third kappa shape index (κ3) is 3.42. The van der Waals surface area contributed by atoms with Gasteiger partial charge in [0, 0.05) is 30.7 Å². The van der Waals surface area contributed by atoms with Crippen molar-refractivity contribution in [3.05, 3.63) is 52.5 Å². The zero-order valence-electron chi connectivity index (χ0n) is 13.9. The summed E-state index contributed by atoms with van der Waals surface area (Å²) in [6.07, 6.45) is 1.54. The molecule has 0 aliphatic rings. The average molecular weight is 346 g/mol. The number of nitrogens with zero attached hydrogens (tertiary/aromatic N) is 3. The first-order valence-corrected chi connectivity index (χ1v) is 7.61. The second kappa shape index (κ2) is 6.46. The van der Waals surface area contributed by atoms with Crippen LogP contribution in [-0.2, 0) is 7.05 Å². The lowest BCUT2D eigenvalue weighted by atomic mass is 10.3. The van der Waals surface area contributed by atoms with Crippen molar-refractivity contribution in [1.29, 1.82) is 0 Å². The molecule has 0 spiro atoms. The first-order valence-electron chi connectivity index (χ1n) is 7.61. The van der Waals surface area contributed by atoms with Crippen LogP contribution in [0.3, 0.4) is 0 Å². The highest BCUT2D eigenvalue weighted by molar-refractivity contribution is 5.76. The van der Waals surface area contributed by atoms with Gasteiger partial charge >= 0.3 is 0 Å². The standard InChI is InChI=1S/C17H16F2N4O2/c1-9(2)21-17-20-8-10-6-14(16(24)23(3)15(10)22-17)25-13-5-4-11(18)7-12(13)19/h4-9H,1-3H3,(H,20,21,22). The van der Waals surface area contributed by atoms with Crippen LogP contribution in [0.5, 0.6) is 11.5 Å². The number of nitrogens with one attached hydrogen (secondary N) is 1. The van der Waals surface area contributed by atoms with E-state index in [-0.39, 0.29) is 17.5 Å². The van der Waals surface area contributed by atoms with Gasteiger partial charge in [-0.2, -0.15) is 4.98 Å². The highest BCUT2D eigenvalue weighted by Crippen LogP contribution is 2.24. The Morgan fingerprint density at radius 2 is 1.96 bits per heavy atom. The summed E-state index contributed by atoms with van der Waals surface area (Å²) >= 11 is 0. The van der Waals surface area contributed by atoms with E-state index in [1.807, 2.05) is 13.8 Å². The van der Waals surface area contributed by atoms with Crippen LogP contribution in [0.4, 0.5) is 14.7 Å². The van der Waals surface area contributed by atoms with Gasteiger partial charge in [-0.1, -0.05) is 0 Å². The van der Waals surface area contributed by atoms with Crippen molar-refractivity contribution in [2.24, 2.45) is 7.05 Å². The molecular formula is C17H16F2N4O2. The van der Waals surface area contributed by atoms with Crippen molar-refractivity contribution in [1.82, 2.24) is 14.5 Å². The molecule has 0 saturated carbocycles. The van der Waals surface area contributed by atoms with Gasteiger partial charge in [0.15, 0.2) is 17.3 Å². The van der Waals surface area contributed by atoms with E-state index in [4.69, 9.17) is 4.74 Å². The topological polar surface area (TPSA) is 69.0 Å². The minimum absolute atomic E-state index is 0.103. The molecule has 0 radical (unpaired) electrons. The average Bonchev–Trinajstić information content (AvgIpc) is 2.55. The molecule has 130 valence electrons. The lowest BCUT2D eigenvalue weighted by molar-refractivity contribution is 0.430. The summed E-state index contributed by atoms with van der Waals surface area (Å²) in [5.74, 6) is -1.56. The lowest BCUT2D eigenvalue weighted by Gasteiger charge is -2.12. The molecule has 0 saturated heterocycles. The largest absolute Gasteiger partial charge is 0.448 e. The smallest absolute Gasteiger partial charge is 0.294 e. The van der Waals surface area contributed by atoms with E-state index in [1.54, 1.807) is 6.20 Å². The third-order valence-corrected chi connectivity index (χ3v) is 3.45. The van der Waals surface area contributed by atoms with Crippen LogP contribution in [0.1, 0.15) is 13.8 Å². The number of ether oxygens (including phenoxy) is 1. The highest BCUT2D eigenvalue weighted by Gasteiger charge is 2.14. The molecule has 3 aromatic rings. The number of anilines is 1. The number of rotatable bonds is 4. The molecular weight excluding hydrogens is 330 g/mol. The number of pyridine rings is 1. The monoisotopic (exact) mass is 346 g/mol. The van der Waals surface area contributed by atoms with Gasteiger partial charge in [0.25, 0.3) is 5.56 Å². The van der Waals surface area contributed by atoms with Crippen molar-refractivity contribution in [2.45, 2.75) is 19.9 Å². The van der Waals surface area contributed by atoms with Crippen LogP contribution < -0.4 is 15.6 Å². The molecule has 6 nitrogen and oxygen atoms in total. The van der Waals surface area contributed by atoms with Gasteiger partial charge in [-0.15, -0.1) is 0 Å². The lowest BCUT2D eigenvalue weighted by Crippen LogP contribution is -2.20. The van der Waals surface area contributed by atoms with E-state index in [9.17, 15) is 13.6 Å². The second-order valence-electron chi connectivity index (χ2n) is 5.82. The minimum atomic E-state index is -0.894. The number of hydrogen-bond donors (Lipinski definition) is 1. The van der Waals surface area contributed by atoms with Crippen LogP contribution in [0.25, 0.3) is 11.0 Å². The Morgan fingerprint density at radius 3 is 2.64 bits per heavy atom. The molecule has 0 bridgehead atoms. The number of hydrogen-bond acceptors (Lipinski definition) is 5. The first-order chi connectivity index (χ1) is 11.8. The van der Waals surface area contributed by atoms with E-state index in [0.29, 0.717) is 23.0 Å². The molecule has 2 aromatic heterocycles. The molecule has 0 fully saturated rings. The molecule has 3 rings (SSSR count). The number of benzene rings is 1. The van der Waals surface area contributed by atoms with Gasteiger partial charge in [-0.25, -0.2) is 13.8 Å². The van der Waals surface area contributed by atoms with Crippen LogP contribution in [0.15, 0.2) is 35.3 Å².